The smallest absolute Gasteiger partial charge is 0.244 e. The predicted molar refractivity (Wildman–Crippen MR) is 88.9 cm³/mol. The summed E-state index contributed by atoms with van der Waals surface area (Å²) in [6, 6.07) is 12.2. The van der Waals surface area contributed by atoms with E-state index in [-0.39, 0.29) is 0 Å². The third kappa shape index (κ3) is 3.75. The molecule has 0 heterocycles. The van der Waals surface area contributed by atoms with Crippen molar-refractivity contribution in [3.8, 4) is 0 Å². The minimum atomic E-state index is -0.637. The van der Waals surface area contributed by atoms with Gasteiger partial charge in [-0.1, -0.05) is 33.6 Å². The second-order valence-corrected chi connectivity index (χ2v) is 6.34. The molecule has 3 N–H and O–H groups in total. The van der Waals surface area contributed by atoms with E-state index in [1.54, 1.807) is 18.2 Å². The summed E-state index contributed by atoms with van der Waals surface area (Å²) in [6.07, 6.45) is 0. The van der Waals surface area contributed by atoms with Crippen molar-refractivity contribution in [1.29, 1.82) is 0 Å². The molecule has 0 bridgehead atoms. The zero-order chi connectivity index (χ0) is 14.7. The Morgan fingerprint density at radius 3 is 2.35 bits per heavy atom. The second kappa shape index (κ2) is 6.61. The molecule has 0 saturated carbocycles. The number of hydrogen-bond donors (Lipinski definition) is 2. The van der Waals surface area contributed by atoms with Crippen LogP contribution < -0.4 is 11.1 Å². The molecule has 3 nitrogen and oxygen atoms in total. The number of carbonyl (C=O) groups is 1. The van der Waals surface area contributed by atoms with Crippen LogP contribution in [0.1, 0.15) is 11.6 Å². The number of halogens is 3. The number of anilines is 1. The molecule has 2 aromatic rings. The molecule has 6 heteroatoms. The lowest BCUT2D eigenvalue weighted by Gasteiger charge is -2.17. The molecule has 1 unspecified atom stereocenters. The Labute approximate surface area is 138 Å². The lowest BCUT2D eigenvalue weighted by atomic mass is 10.1. The van der Waals surface area contributed by atoms with Crippen LogP contribution in [0.15, 0.2) is 51.4 Å². The van der Waals surface area contributed by atoms with Crippen LogP contribution in [0.3, 0.4) is 0 Å². The summed E-state index contributed by atoms with van der Waals surface area (Å²) < 4.78 is 1.74. The van der Waals surface area contributed by atoms with Crippen molar-refractivity contribution >= 4 is 55.1 Å². The van der Waals surface area contributed by atoms with Crippen molar-refractivity contribution in [3.63, 3.8) is 0 Å². The van der Waals surface area contributed by atoms with Gasteiger partial charge in [0.15, 0.2) is 0 Å². The fraction of sp³-hybridized carbons (Fsp3) is 0.0714. The molecular formula is C14H11Br2ClN2O. The Kier molecular flexibility index (Phi) is 5.07. The molecule has 104 valence electrons. The lowest BCUT2D eigenvalue weighted by molar-refractivity contribution is -0.118. The monoisotopic (exact) mass is 416 g/mol. The van der Waals surface area contributed by atoms with Gasteiger partial charge >= 0.3 is 0 Å². The Bertz CT molecular complexity index is 632. The Morgan fingerprint density at radius 2 is 1.80 bits per heavy atom. The number of primary amides is 1. The van der Waals surface area contributed by atoms with Crippen molar-refractivity contribution in [1.82, 2.24) is 0 Å². The van der Waals surface area contributed by atoms with Gasteiger partial charge in [0.25, 0.3) is 0 Å². The molecule has 1 amide bonds. The second-order valence-electron chi connectivity index (χ2n) is 4.16. The van der Waals surface area contributed by atoms with E-state index >= 15 is 0 Å². The first kappa shape index (κ1) is 15.4. The summed E-state index contributed by atoms with van der Waals surface area (Å²) in [5.74, 6) is -0.466. The molecular weight excluding hydrogens is 407 g/mol. The topological polar surface area (TPSA) is 55.1 Å². The fourth-order valence-electron chi connectivity index (χ4n) is 1.72. The summed E-state index contributed by atoms with van der Waals surface area (Å²) in [5.41, 5.74) is 6.99. The summed E-state index contributed by atoms with van der Waals surface area (Å²) in [4.78, 5) is 11.7. The van der Waals surface area contributed by atoms with Crippen molar-refractivity contribution < 1.29 is 4.79 Å². The number of nitrogens with two attached hydrogens (primary N) is 1. The maximum atomic E-state index is 11.7. The van der Waals surface area contributed by atoms with Crippen molar-refractivity contribution in [2.24, 2.45) is 5.73 Å². The molecule has 0 spiro atoms. The highest BCUT2D eigenvalue weighted by Crippen LogP contribution is 2.28. The molecule has 0 fully saturated rings. The Hall–Kier alpha value is -1.04. The number of benzene rings is 2. The number of rotatable bonds is 4. The summed E-state index contributed by atoms with van der Waals surface area (Å²) in [7, 11) is 0. The molecule has 2 rings (SSSR count). The van der Waals surface area contributed by atoms with Gasteiger partial charge in [0, 0.05) is 14.6 Å². The van der Waals surface area contributed by atoms with Crippen LogP contribution in [0, 0.1) is 0 Å². The van der Waals surface area contributed by atoms with Crippen molar-refractivity contribution in [2.75, 3.05) is 5.32 Å². The van der Waals surface area contributed by atoms with Crippen LogP contribution in [0.25, 0.3) is 0 Å². The maximum absolute atomic E-state index is 11.7. The molecule has 0 saturated heterocycles. The van der Waals surface area contributed by atoms with Crippen LogP contribution in [0.4, 0.5) is 5.69 Å². The number of carbonyl (C=O) groups excluding carboxylic acids is 1. The van der Waals surface area contributed by atoms with Gasteiger partial charge in [-0.05, 0) is 57.9 Å². The van der Waals surface area contributed by atoms with Gasteiger partial charge in [-0.25, -0.2) is 0 Å². The predicted octanol–water partition coefficient (Wildman–Crippen LogP) is 4.50. The van der Waals surface area contributed by atoms with Gasteiger partial charge < -0.3 is 11.1 Å². The molecule has 0 aromatic heterocycles. The van der Waals surface area contributed by atoms with Gasteiger partial charge in [-0.15, -0.1) is 0 Å². The summed E-state index contributed by atoms with van der Waals surface area (Å²) in [5, 5.41) is 3.63. The minimum absolute atomic E-state index is 0.466. The lowest BCUT2D eigenvalue weighted by Crippen LogP contribution is -2.27. The van der Waals surface area contributed by atoms with Gasteiger partial charge in [0.05, 0.1) is 5.02 Å². The third-order valence-corrected chi connectivity index (χ3v) is 4.48. The summed E-state index contributed by atoms with van der Waals surface area (Å²) >= 11 is 12.7. The minimum Gasteiger partial charge on any atom is -0.370 e. The van der Waals surface area contributed by atoms with E-state index in [0.717, 1.165) is 14.6 Å². The molecule has 0 aliphatic heterocycles. The fourth-order valence-corrected chi connectivity index (χ4v) is 2.42. The average molecular weight is 419 g/mol. The first-order chi connectivity index (χ1) is 9.47. The highest BCUT2D eigenvalue weighted by Gasteiger charge is 2.18. The van der Waals surface area contributed by atoms with E-state index in [1.165, 1.54) is 0 Å². The van der Waals surface area contributed by atoms with E-state index in [2.05, 4.69) is 37.2 Å². The third-order valence-electron chi connectivity index (χ3n) is 2.72. The number of hydrogen-bond acceptors (Lipinski definition) is 2. The van der Waals surface area contributed by atoms with Crippen LogP contribution in [0.5, 0.6) is 0 Å². The quantitative estimate of drug-likeness (QED) is 0.768. The Morgan fingerprint density at radius 1 is 1.15 bits per heavy atom. The van der Waals surface area contributed by atoms with Crippen LogP contribution >= 0.6 is 43.5 Å². The highest BCUT2D eigenvalue weighted by atomic mass is 79.9. The van der Waals surface area contributed by atoms with Gasteiger partial charge in [0.2, 0.25) is 5.91 Å². The zero-order valence-corrected chi connectivity index (χ0v) is 14.2. The van der Waals surface area contributed by atoms with E-state index < -0.39 is 11.9 Å². The van der Waals surface area contributed by atoms with Gasteiger partial charge in [-0.2, -0.15) is 0 Å². The molecule has 2 aromatic carbocycles. The van der Waals surface area contributed by atoms with Crippen molar-refractivity contribution in [2.45, 2.75) is 6.04 Å². The van der Waals surface area contributed by atoms with Crippen LogP contribution in [0.2, 0.25) is 5.02 Å². The SMILES string of the molecule is NC(=O)C(Nc1ccc(Br)cc1)c1ccc(Br)c(Cl)c1. The molecule has 0 aliphatic rings. The largest absolute Gasteiger partial charge is 0.370 e. The van der Waals surface area contributed by atoms with E-state index in [1.807, 2.05) is 24.3 Å². The standard InChI is InChI=1S/C14H11Br2ClN2O/c15-9-2-4-10(5-3-9)19-13(14(18)20)8-1-6-11(16)12(17)7-8/h1-7,13,19H,(H2,18,20). The summed E-state index contributed by atoms with van der Waals surface area (Å²) in [6.45, 7) is 0. The van der Waals surface area contributed by atoms with Crippen LogP contribution in [-0.2, 0) is 4.79 Å². The van der Waals surface area contributed by atoms with Crippen LogP contribution in [-0.4, -0.2) is 5.91 Å². The highest BCUT2D eigenvalue weighted by molar-refractivity contribution is 9.10. The van der Waals surface area contributed by atoms with E-state index in [4.69, 9.17) is 17.3 Å². The van der Waals surface area contributed by atoms with E-state index in [9.17, 15) is 4.79 Å². The number of nitrogens with one attached hydrogen (secondary N) is 1. The Balaban J connectivity index is 2.29. The normalized spacial score (nSPS) is 11.9. The first-order valence-corrected chi connectivity index (χ1v) is 7.70. The number of amides is 1. The molecule has 20 heavy (non-hydrogen) atoms. The van der Waals surface area contributed by atoms with E-state index in [0.29, 0.717) is 10.6 Å². The average Bonchev–Trinajstić information content (AvgIpc) is 2.41. The maximum Gasteiger partial charge on any atom is 0.244 e. The zero-order valence-electron chi connectivity index (χ0n) is 10.2. The van der Waals surface area contributed by atoms with Crippen molar-refractivity contribution in [3.05, 3.63) is 62.0 Å². The van der Waals surface area contributed by atoms with Gasteiger partial charge in [-0.3, -0.25) is 4.79 Å². The first-order valence-electron chi connectivity index (χ1n) is 5.74. The molecule has 1 atom stereocenters. The molecule has 0 aliphatic carbocycles. The van der Waals surface area contributed by atoms with Gasteiger partial charge in [0.1, 0.15) is 6.04 Å². The molecule has 0 radical (unpaired) electrons.